The molecule has 1 aromatic heterocycles. The highest BCUT2D eigenvalue weighted by molar-refractivity contribution is 5.87. The van der Waals surface area contributed by atoms with E-state index in [-0.39, 0.29) is 23.7 Å². The Morgan fingerprint density at radius 2 is 1.88 bits per heavy atom. The Balaban J connectivity index is 0.00000277. The van der Waals surface area contributed by atoms with Crippen molar-refractivity contribution in [3.8, 4) is 0 Å². The van der Waals surface area contributed by atoms with Gasteiger partial charge in [0.2, 0.25) is 0 Å². The molecule has 0 fully saturated rings. The van der Waals surface area contributed by atoms with Crippen LogP contribution in [0, 0.1) is 5.92 Å². The van der Waals surface area contributed by atoms with E-state index < -0.39 is 0 Å². The molecule has 0 aliphatic carbocycles. The molecule has 0 spiro atoms. The Bertz CT molecular complexity index is 554. The monoisotopic (exact) mass is 346 g/mol. The number of carbonyl (C=O) groups is 1. The quantitative estimate of drug-likeness (QED) is 0.593. The number of hydrogen-bond acceptors (Lipinski definition) is 2. The molecular weight excluding hydrogens is 308 g/mol. The highest BCUT2D eigenvalue weighted by Crippen LogP contribution is 2.29. The fraction of sp³-hybridized carbons (Fsp3) is 0.591. The molecule has 3 nitrogen and oxygen atoms in total. The predicted octanol–water partition coefficient (Wildman–Crippen LogP) is 5.80. The Labute approximate surface area is 155 Å². The summed E-state index contributed by atoms with van der Waals surface area (Å²) in [5.74, 6) is 0.377. The van der Waals surface area contributed by atoms with E-state index in [2.05, 4.69) is 43.7 Å². The molecule has 0 saturated carbocycles. The summed E-state index contributed by atoms with van der Waals surface area (Å²) in [7, 11) is 0. The maximum Gasteiger partial charge on any atom is 0.152 e. The van der Waals surface area contributed by atoms with E-state index in [4.69, 9.17) is 0 Å². The molecule has 0 aliphatic rings. The van der Waals surface area contributed by atoms with Gasteiger partial charge < -0.3 is 10.3 Å². The lowest BCUT2D eigenvalue weighted by Gasteiger charge is -2.28. The number of allylic oxidation sites excluding steroid dienone is 1. The lowest BCUT2D eigenvalue weighted by molar-refractivity contribution is -0.124. The first kappa shape index (κ1) is 23.4. The van der Waals surface area contributed by atoms with Crippen LogP contribution in [0.15, 0.2) is 18.9 Å². The number of Topliss-reactive ketones (excluding diaryl/α,β-unsaturated/α-hetero) is 1. The maximum atomic E-state index is 12.7. The van der Waals surface area contributed by atoms with Gasteiger partial charge >= 0.3 is 0 Å². The predicted molar refractivity (Wildman–Crippen MR) is 112 cm³/mol. The molecule has 2 N–H and O–H groups in total. The number of aromatic nitrogens is 1. The zero-order valence-corrected chi connectivity index (χ0v) is 17.4. The highest BCUT2D eigenvalue weighted by Gasteiger charge is 2.30. The third-order valence-electron chi connectivity index (χ3n) is 4.46. The van der Waals surface area contributed by atoms with Crippen molar-refractivity contribution >= 4 is 17.9 Å². The van der Waals surface area contributed by atoms with Crippen molar-refractivity contribution in [3.05, 3.63) is 35.7 Å². The molecule has 142 valence electrons. The molecule has 3 atom stereocenters. The first-order chi connectivity index (χ1) is 11.9. The number of ketones is 1. The summed E-state index contributed by atoms with van der Waals surface area (Å²) in [4.78, 5) is 16.0. The van der Waals surface area contributed by atoms with E-state index in [1.165, 1.54) is 0 Å². The van der Waals surface area contributed by atoms with Gasteiger partial charge in [0.05, 0.1) is 6.04 Å². The van der Waals surface area contributed by atoms with Crippen molar-refractivity contribution in [1.82, 2.24) is 10.3 Å². The van der Waals surface area contributed by atoms with Crippen molar-refractivity contribution in [1.29, 1.82) is 0 Å². The minimum absolute atomic E-state index is 0.0157. The van der Waals surface area contributed by atoms with Crippen molar-refractivity contribution in [3.63, 3.8) is 0 Å². The van der Waals surface area contributed by atoms with Crippen LogP contribution in [0.3, 0.4) is 0 Å². The van der Waals surface area contributed by atoms with E-state index in [1.807, 2.05) is 53.0 Å². The fourth-order valence-electron chi connectivity index (χ4n) is 2.80. The molecule has 0 amide bonds. The van der Waals surface area contributed by atoms with Crippen molar-refractivity contribution in [2.45, 2.75) is 79.8 Å². The normalized spacial score (nSPS) is 14.8. The zero-order valence-electron chi connectivity index (χ0n) is 17.4. The van der Waals surface area contributed by atoms with Gasteiger partial charge in [0.15, 0.2) is 5.78 Å². The molecule has 0 aromatic carbocycles. The number of carbonyl (C=O) groups excluding carboxylic acids is 1. The average Bonchev–Trinajstić information content (AvgIpc) is 3.02. The molecule has 0 aliphatic heterocycles. The van der Waals surface area contributed by atoms with Gasteiger partial charge in [-0.2, -0.15) is 0 Å². The summed E-state index contributed by atoms with van der Waals surface area (Å²) < 4.78 is 0. The van der Waals surface area contributed by atoms with E-state index in [0.717, 1.165) is 23.2 Å². The summed E-state index contributed by atoms with van der Waals surface area (Å²) in [5, 5.41) is 3.53. The number of hydrogen-bond donors (Lipinski definition) is 2. The first-order valence-corrected chi connectivity index (χ1v) is 9.63. The SMILES string of the molecule is C=Cc1[nH]cc(C(C)C(NC(C)CC)C(=O)C(C)C)c1/C=C\C.CC. The average molecular weight is 347 g/mol. The van der Waals surface area contributed by atoms with Crippen LogP contribution >= 0.6 is 0 Å². The van der Waals surface area contributed by atoms with Crippen LogP contribution in [0.2, 0.25) is 0 Å². The molecule has 1 aromatic rings. The second-order valence-electron chi connectivity index (χ2n) is 6.57. The third kappa shape index (κ3) is 6.32. The Hall–Kier alpha value is -1.61. The smallest absolute Gasteiger partial charge is 0.152 e. The van der Waals surface area contributed by atoms with Crippen LogP contribution in [-0.2, 0) is 4.79 Å². The van der Waals surface area contributed by atoms with Gasteiger partial charge in [-0.3, -0.25) is 4.79 Å². The minimum Gasteiger partial charge on any atom is -0.361 e. The van der Waals surface area contributed by atoms with Crippen molar-refractivity contribution in [2.24, 2.45) is 5.92 Å². The first-order valence-electron chi connectivity index (χ1n) is 9.63. The van der Waals surface area contributed by atoms with Crippen LogP contribution in [-0.4, -0.2) is 22.9 Å². The molecular formula is C22H38N2O. The third-order valence-corrected chi connectivity index (χ3v) is 4.46. The molecule has 0 bridgehead atoms. The Morgan fingerprint density at radius 1 is 1.28 bits per heavy atom. The van der Waals surface area contributed by atoms with Gasteiger partial charge in [-0.05, 0) is 31.9 Å². The number of nitrogens with one attached hydrogen (secondary N) is 2. The van der Waals surface area contributed by atoms with Gasteiger partial charge in [0.1, 0.15) is 0 Å². The van der Waals surface area contributed by atoms with Crippen LogP contribution in [0.25, 0.3) is 12.2 Å². The van der Waals surface area contributed by atoms with E-state index in [1.54, 1.807) is 0 Å². The summed E-state index contributed by atoms with van der Waals surface area (Å²) in [6.07, 6.45) is 8.94. The van der Waals surface area contributed by atoms with Crippen molar-refractivity contribution < 1.29 is 4.79 Å². The molecule has 0 radical (unpaired) electrons. The van der Waals surface area contributed by atoms with Gasteiger partial charge in [-0.1, -0.05) is 60.3 Å². The highest BCUT2D eigenvalue weighted by atomic mass is 16.1. The molecule has 3 unspecified atom stereocenters. The minimum atomic E-state index is -0.178. The molecule has 0 saturated heterocycles. The van der Waals surface area contributed by atoms with Gasteiger partial charge in [-0.25, -0.2) is 0 Å². The second-order valence-corrected chi connectivity index (χ2v) is 6.57. The number of H-pyrrole nitrogens is 1. The van der Waals surface area contributed by atoms with Crippen LogP contribution < -0.4 is 5.32 Å². The molecule has 1 heterocycles. The van der Waals surface area contributed by atoms with E-state index in [0.29, 0.717) is 6.04 Å². The molecule has 1 rings (SSSR count). The van der Waals surface area contributed by atoms with Gasteiger partial charge in [0, 0.05) is 35.3 Å². The van der Waals surface area contributed by atoms with Crippen LogP contribution in [0.4, 0.5) is 0 Å². The summed E-state index contributed by atoms with van der Waals surface area (Å²) in [5.41, 5.74) is 3.29. The Kier molecular flexibility index (Phi) is 11.1. The molecule has 25 heavy (non-hydrogen) atoms. The standard InChI is InChI=1S/C20H32N2O.C2H6/c1-8-11-16-17(12-21-18(16)10-3)15(7)19(20(23)13(4)5)22-14(6)9-2;1-2/h8,10-15,19,21-22H,3,9H2,1-2,4-7H3;1-2H3/b11-8-;. The van der Waals surface area contributed by atoms with Crippen LogP contribution in [0.1, 0.15) is 84.5 Å². The summed E-state index contributed by atoms with van der Waals surface area (Å²) >= 11 is 0. The van der Waals surface area contributed by atoms with E-state index >= 15 is 0 Å². The molecule has 3 heteroatoms. The number of rotatable bonds is 9. The lowest BCUT2D eigenvalue weighted by atomic mass is 9.85. The summed E-state index contributed by atoms with van der Waals surface area (Å²) in [6, 6.07) is 0.135. The van der Waals surface area contributed by atoms with Gasteiger partial charge in [0.25, 0.3) is 0 Å². The van der Waals surface area contributed by atoms with Crippen molar-refractivity contribution in [2.75, 3.05) is 0 Å². The van der Waals surface area contributed by atoms with Gasteiger partial charge in [-0.15, -0.1) is 0 Å². The van der Waals surface area contributed by atoms with E-state index in [9.17, 15) is 4.79 Å². The lowest BCUT2D eigenvalue weighted by Crippen LogP contribution is -2.46. The number of aromatic amines is 1. The maximum absolute atomic E-state index is 12.7. The van der Waals surface area contributed by atoms with Crippen LogP contribution in [0.5, 0.6) is 0 Å². The Morgan fingerprint density at radius 3 is 2.32 bits per heavy atom. The summed E-state index contributed by atoms with van der Waals surface area (Å²) in [6.45, 7) is 20.2. The zero-order chi connectivity index (χ0) is 19.6. The fourth-order valence-corrected chi connectivity index (χ4v) is 2.80. The second kappa shape index (κ2) is 11.9. The topological polar surface area (TPSA) is 44.9 Å². The largest absolute Gasteiger partial charge is 0.361 e.